The predicted octanol–water partition coefficient (Wildman–Crippen LogP) is -1.05. The summed E-state index contributed by atoms with van der Waals surface area (Å²) in [6.45, 7) is 5.65. The van der Waals surface area contributed by atoms with E-state index in [9.17, 15) is 9.59 Å². The maximum Gasteiger partial charge on any atom is 0.365 e. The Morgan fingerprint density at radius 1 is 1.20 bits per heavy atom. The topological polar surface area (TPSA) is 110 Å². The number of ether oxygens (including phenoxy) is 2. The summed E-state index contributed by atoms with van der Waals surface area (Å²) < 4.78 is 9.62. The van der Waals surface area contributed by atoms with Gasteiger partial charge in [0.05, 0.1) is 19.1 Å². The average Bonchev–Trinajstić information content (AvgIpc) is 2.59. The zero-order valence-electron chi connectivity index (χ0n) is 14.9. The highest BCUT2D eigenvalue weighted by Gasteiger charge is 2.26. The number of carboxylic acids is 1. The van der Waals surface area contributed by atoms with Crippen molar-refractivity contribution in [3.05, 3.63) is 0 Å². The standard InChI is InChI=1S/C14H27N3O8/c1-4-22-14(13(20)21-3)25-17(24-11-12(18)19)23-10-9-16-7-5-15(2)6-8-16/h14H,4-11H2,1-3H3,(H,18,19). The summed E-state index contributed by atoms with van der Waals surface area (Å²) in [7, 11) is 3.23. The number of methoxy groups -OCH3 is 1. The van der Waals surface area contributed by atoms with Crippen molar-refractivity contribution in [1.82, 2.24) is 15.2 Å². The van der Waals surface area contributed by atoms with E-state index < -0.39 is 24.8 Å². The van der Waals surface area contributed by atoms with E-state index in [4.69, 9.17) is 24.4 Å². The maximum atomic E-state index is 11.6. The fourth-order valence-corrected chi connectivity index (χ4v) is 1.99. The van der Waals surface area contributed by atoms with Gasteiger partial charge in [0.1, 0.15) is 0 Å². The van der Waals surface area contributed by atoms with Crippen LogP contribution in [0.15, 0.2) is 0 Å². The molecule has 11 nitrogen and oxygen atoms in total. The Morgan fingerprint density at radius 2 is 1.88 bits per heavy atom. The van der Waals surface area contributed by atoms with Crippen molar-refractivity contribution in [2.75, 3.05) is 66.7 Å². The molecule has 1 unspecified atom stereocenters. The Balaban J connectivity index is 2.47. The molecule has 0 aromatic heterocycles. The van der Waals surface area contributed by atoms with Gasteiger partial charge in [-0.05, 0) is 14.0 Å². The highest BCUT2D eigenvalue weighted by atomic mass is 17.2. The largest absolute Gasteiger partial charge is 0.479 e. The summed E-state index contributed by atoms with van der Waals surface area (Å²) in [6.07, 6.45) is -1.42. The van der Waals surface area contributed by atoms with E-state index in [-0.39, 0.29) is 13.2 Å². The molecule has 1 aliphatic heterocycles. The Morgan fingerprint density at radius 3 is 2.44 bits per heavy atom. The van der Waals surface area contributed by atoms with Gasteiger partial charge < -0.3 is 19.5 Å². The normalized spacial score (nSPS) is 17.6. The van der Waals surface area contributed by atoms with Gasteiger partial charge >= 0.3 is 11.9 Å². The van der Waals surface area contributed by atoms with Crippen LogP contribution in [-0.2, 0) is 33.6 Å². The second kappa shape index (κ2) is 12.1. The lowest BCUT2D eigenvalue weighted by Gasteiger charge is -2.32. The Bertz CT molecular complexity index is 404. The third-order valence-electron chi connectivity index (χ3n) is 3.39. The van der Waals surface area contributed by atoms with Gasteiger partial charge in [-0.3, -0.25) is 4.90 Å². The zero-order chi connectivity index (χ0) is 18.7. The molecule has 0 saturated carbocycles. The number of carbonyl (C=O) groups excluding carboxylic acids is 1. The summed E-state index contributed by atoms with van der Waals surface area (Å²) in [5.41, 5.74) is 0. The van der Waals surface area contributed by atoms with Gasteiger partial charge in [0.2, 0.25) is 0 Å². The van der Waals surface area contributed by atoms with E-state index in [1.807, 2.05) is 0 Å². The molecule has 1 fully saturated rings. The molecule has 0 amide bonds. The number of piperazine rings is 1. The van der Waals surface area contributed by atoms with E-state index in [0.717, 1.165) is 26.2 Å². The van der Waals surface area contributed by atoms with Crippen molar-refractivity contribution < 1.29 is 38.7 Å². The molecule has 1 saturated heterocycles. The minimum absolute atomic E-state index is 0.174. The first kappa shape index (κ1) is 21.7. The number of likely N-dealkylation sites (N-methyl/N-ethyl adjacent to an activating group) is 1. The van der Waals surface area contributed by atoms with Crippen molar-refractivity contribution in [3.8, 4) is 0 Å². The zero-order valence-corrected chi connectivity index (χ0v) is 14.9. The van der Waals surface area contributed by atoms with Gasteiger partial charge in [0, 0.05) is 39.3 Å². The van der Waals surface area contributed by atoms with Gasteiger partial charge in [0.25, 0.3) is 6.29 Å². The van der Waals surface area contributed by atoms with Crippen molar-refractivity contribution >= 4 is 11.9 Å². The van der Waals surface area contributed by atoms with Gasteiger partial charge in [-0.15, -0.1) is 0 Å². The second-order valence-corrected chi connectivity index (χ2v) is 5.28. The van der Waals surface area contributed by atoms with Gasteiger partial charge in [0.15, 0.2) is 6.61 Å². The van der Waals surface area contributed by atoms with E-state index >= 15 is 0 Å². The minimum atomic E-state index is -1.42. The molecule has 1 heterocycles. The number of rotatable bonds is 12. The van der Waals surface area contributed by atoms with Crippen LogP contribution in [0, 0.1) is 0 Å². The van der Waals surface area contributed by atoms with E-state index in [0.29, 0.717) is 11.9 Å². The Kier molecular flexibility index (Phi) is 10.5. The number of esters is 1. The molecule has 1 aliphatic rings. The van der Waals surface area contributed by atoms with E-state index in [1.54, 1.807) is 6.92 Å². The van der Waals surface area contributed by atoms with Crippen LogP contribution in [-0.4, -0.2) is 105 Å². The molecule has 0 spiro atoms. The van der Waals surface area contributed by atoms with Crippen LogP contribution >= 0.6 is 0 Å². The molecule has 0 aliphatic carbocycles. The van der Waals surface area contributed by atoms with Crippen LogP contribution in [0.3, 0.4) is 0 Å². The van der Waals surface area contributed by atoms with E-state index in [1.165, 1.54) is 7.11 Å². The lowest BCUT2D eigenvalue weighted by atomic mass is 10.3. The van der Waals surface area contributed by atoms with Crippen LogP contribution in [0.4, 0.5) is 0 Å². The summed E-state index contributed by atoms with van der Waals surface area (Å²) >= 11 is 0. The number of carbonyl (C=O) groups is 2. The Hall–Kier alpha value is -1.34. The summed E-state index contributed by atoms with van der Waals surface area (Å²) in [5, 5.41) is 9.20. The number of nitrogens with zero attached hydrogens (tertiary/aromatic N) is 3. The monoisotopic (exact) mass is 365 g/mol. The van der Waals surface area contributed by atoms with Crippen molar-refractivity contribution in [3.63, 3.8) is 0 Å². The molecule has 0 aromatic carbocycles. The number of hydrogen-bond acceptors (Lipinski definition) is 10. The fourth-order valence-electron chi connectivity index (χ4n) is 1.99. The number of hydrogen-bond donors (Lipinski definition) is 1. The predicted molar refractivity (Wildman–Crippen MR) is 83.8 cm³/mol. The lowest BCUT2D eigenvalue weighted by molar-refractivity contribution is -0.545. The van der Waals surface area contributed by atoms with Crippen LogP contribution in [0.25, 0.3) is 0 Å². The summed E-state index contributed by atoms with van der Waals surface area (Å²) in [4.78, 5) is 41.9. The Labute approximate surface area is 146 Å². The molecular weight excluding hydrogens is 338 g/mol. The highest BCUT2D eigenvalue weighted by molar-refractivity contribution is 5.72. The summed E-state index contributed by atoms with van der Waals surface area (Å²) in [6, 6.07) is 0. The van der Waals surface area contributed by atoms with Gasteiger partial charge in [-0.25, -0.2) is 24.1 Å². The maximum absolute atomic E-state index is 11.6. The molecule has 25 heavy (non-hydrogen) atoms. The third kappa shape index (κ3) is 9.07. The van der Waals surface area contributed by atoms with E-state index in [2.05, 4.69) is 21.6 Å². The molecule has 1 N–H and O–H groups in total. The van der Waals surface area contributed by atoms with Crippen molar-refractivity contribution in [1.29, 1.82) is 0 Å². The van der Waals surface area contributed by atoms with Crippen LogP contribution < -0.4 is 0 Å². The highest BCUT2D eigenvalue weighted by Crippen LogP contribution is 2.06. The third-order valence-corrected chi connectivity index (χ3v) is 3.39. The first-order valence-corrected chi connectivity index (χ1v) is 8.01. The molecule has 0 radical (unpaired) electrons. The molecule has 1 rings (SSSR count). The fraction of sp³-hybridized carbons (Fsp3) is 0.857. The molecule has 146 valence electrons. The van der Waals surface area contributed by atoms with Crippen molar-refractivity contribution in [2.24, 2.45) is 0 Å². The van der Waals surface area contributed by atoms with Crippen molar-refractivity contribution in [2.45, 2.75) is 13.2 Å². The second-order valence-electron chi connectivity index (χ2n) is 5.28. The molecule has 11 heteroatoms. The average molecular weight is 365 g/mol. The molecule has 0 aromatic rings. The molecule has 1 atom stereocenters. The molecular formula is C14H27N3O8. The SMILES string of the molecule is CCOC(ON(OCCN1CCN(C)CC1)OCC(=O)O)C(=O)OC. The summed E-state index contributed by atoms with van der Waals surface area (Å²) in [5.74, 6) is -2.02. The van der Waals surface area contributed by atoms with Gasteiger partial charge in [-0.2, -0.15) is 0 Å². The van der Waals surface area contributed by atoms with Crippen LogP contribution in [0.1, 0.15) is 6.92 Å². The number of aliphatic carboxylic acids is 1. The van der Waals surface area contributed by atoms with Crippen LogP contribution in [0.2, 0.25) is 0 Å². The van der Waals surface area contributed by atoms with Gasteiger partial charge in [-0.1, -0.05) is 0 Å². The molecule has 0 bridgehead atoms. The minimum Gasteiger partial charge on any atom is -0.479 e. The first-order chi connectivity index (χ1) is 12.0. The quantitative estimate of drug-likeness (QED) is 0.260. The first-order valence-electron chi connectivity index (χ1n) is 8.01. The lowest BCUT2D eigenvalue weighted by Crippen LogP contribution is -2.46. The number of carboxylic acid groups (broad SMARTS) is 1. The smallest absolute Gasteiger partial charge is 0.365 e. The van der Waals surface area contributed by atoms with Crippen LogP contribution in [0.5, 0.6) is 0 Å².